The molecule has 62 valence electrons. The van der Waals surface area contributed by atoms with Crippen LogP contribution >= 0.6 is 0 Å². The van der Waals surface area contributed by atoms with Crippen LogP contribution in [0.3, 0.4) is 0 Å². The number of nitrogens with one attached hydrogen (secondary N) is 1. The molecule has 3 heteroatoms. The molecule has 0 saturated heterocycles. The van der Waals surface area contributed by atoms with Crippen molar-refractivity contribution < 1.29 is 6.22 Å². The Morgan fingerprint density at radius 2 is 2.20 bits per heavy atom. The van der Waals surface area contributed by atoms with Crippen LogP contribution in [0.25, 0.3) is 0 Å². The number of hydrogen-bond acceptors (Lipinski definition) is 1. The number of hydrogen-bond donors (Lipinski definition) is 1. The van der Waals surface area contributed by atoms with Gasteiger partial charge in [0.15, 0.2) is 0 Å². The number of rotatable bonds is 2. The number of carbonyl (C=O) groups is 1. The number of amides is 2. The first-order chi connectivity index (χ1) is 4.57. The molecule has 2 amide bonds. The van der Waals surface area contributed by atoms with Gasteiger partial charge in [-0.15, -0.1) is 0 Å². The largest absolute Gasteiger partial charge is 0.336 e. The van der Waals surface area contributed by atoms with Gasteiger partial charge in [-0.3, -0.25) is 0 Å². The van der Waals surface area contributed by atoms with E-state index in [1.165, 1.54) is 0 Å². The summed E-state index contributed by atoms with van der Waals surface area (Å²) in [4.78, 5) is 12.6. The fourth-order valence-corrected chi connectivity index (χ4v) is 0.501. The minimum Gasteiger partial charge on any atom is -0.336 e. The van der Waals surface area contributed by atoms with E-state index in [-0.39, 0.29) is 13.5 Å². The highest BCUT2D eigenvalue weighted by molar-refractivity contribution is 5.73. The normalized spacial score (nSPS) is 9.70. The van der Waals surface area contributed by atoms with Crippen molar-refractivity contribution in [2.24, 2.45) is 0 Å². The van der Waals surface area contributed by atoms with Gasteiger partial charge in [-0.25, -0.2) is 4.79 Å². The fourth-order valence-electron chi connectivity index (χ4n) is 0.501. The molecule has 0 spiro atoms. The van der Waals surface area contributed by atoms with Crippen molar-refractivity contribution in [2.75, 3.05) is 13.6 Å². The van der Waals surface area contributed by atoms with E-state index in [4.69, 9.17) is 0 Å². The van der Waals surface area contributed by atoms with E-state index >= 15 is 0 Å². The van der Waals surface area contributed by atoms with Crippen LogP contribution in [-0.4, -0.2) is 30.6 Å². The fraction of sp³-hybridized carbons (Fsp3) is 0.857. The third-order valence-electron chi connectivity index (χ3n) is 1.23. The van der Waals surface area contributed by atoms with E-state index < -0.39 is 0 Å². The summed E-state index contributed by atoms with van der Waals surface area (Å²) in [7, 11) is 1.78. The Bertz CT molecular complexity index is 117. The summed E-state index contributed by atoms with van der Waals surface area (Å²) < 4.78 is 0. The molecular weight excluding hydrogens is 128 g/mol. The topological polar surface area (TPSA) is 32.3 Å². The maximum Gasteiger partial charge on any atom is 0.317 e. The Labute approximate surface area is 63.9 Å². The van der Waals surface area contributed by atoms with Gasteiger partial charge in [-0.2, -0.15) is 0 Å². The number of nitrogens with zero attached hydrogens (tertiary/aromatic N) is 1. The van der Waals surface area contributed by atoms with Gasteiger partial charge in [-0.05, 0) is 20.8 Å². The van der Waals surface area contributed by atoms with Crippen molar-refractivity contribution in [3.8, 4) is 0 Å². The van der Waals surface area contributed by atoms with Crippen molar-refractivity contribution in [3.63, 3.8) is 0 Å². The van der Waals surface area contributed by atoms with E-state index in [2.05, 4.69) is 5.32 Å². The Hall–Kier alpha value is -0.730. The second-order valence-corrected chi connectivity index (χ2v) is 2.62. The van der Waals surface area contributed by atoms with Gasteiger partial charge in [-0.1, -0.05) is 0 Å². The highest BCUT2D eigenvalue weighted by Crippen LogP contribution is 1.84. The molecule has 1 N–H and O–H groups in total. The van der Waals surface area contributed by atoms with Crippen LogP contribution in [-0.2, 0) is 0 Å². The summed E-state index contributed by atoms with van der Waals surface area (Å²) in [5.74, 6) is 0. The molecule has 0 aliphatic heterocycles. The quantitative estimate of drug-likeness (QED) is 0.625. The second kappa shape index (κ2) is 4.14. The van der Waals surface area contributed by atoms with Crippen LogP contribution in [0.5, 0.6) is 0 Å². The SMILES string of the molecule is CCN(C)C(=O)NC(C)C.[HH]. The lowest BCUT2D eigenvalue weighted by molar-refractivity contribution is 0.208. The van der Waals surface area contributed by atoms with Crippen molar-refractivity contribution in [1.82, 2.24) is 10.2 Å². The Balaban J connectivity index is 0. The van der Waals surface area contributed by atoms with Crippen LogP contribution in [0.15, 0.2) is 0 Å². The van der Waals surface area contributed by atoms with Gasteiger partial charge in [0.25, 0.3) is 0 Å². The second-order valence-electron chi connectivity index (χ2n) is 2.62. The average molecular weight is 146 g/mol. The Kier molecular flexibility index (Phi) is 3.84. The first-order valence-corrected chi connectivity index (χ1v) is 3.59. The maximum atomic E-state index is 11.0. The summed E-state index contributed by atoms with van der Waals surface area (Å²) in [6, 6.07) is 0.221. The van der Waals surface area contributed by atoms with Gasteiger partial charge >= 0.3 is 6.03 Å². The van der Waals surface area contributed by atoms with E-state index in [1.807, 2.05) is 20.8 Å². The molecule has 0 aromatic carbocycles. The van der Waals surface area contributed by atoms with E-state index in [1.54, 1.807) is 11.9 Å². The van der Waals surface area contributed by atoms with Gasteiger partial charge in [0.2, 0.25) is 0 Å². The third-order valence-corrected chi connectivity index (χ3v) is 1.23. The summed E-state index contributed by atoms with van der Waals surface area (Å²) >= 11 is 0. The van der Waals surface area contributed by atoms with Crippen molar-refractivity contribution in [3.05, 3.63) is 0 Å². The first kappa shape index (κ1) is 9.27. The number of carbonyl (C=O) groups excluding carboxylic acids is 1. The summed E-state index contributed by atoms with van der Waals surface area (Å²) in [5.41, 5.74) is 0. The van der Waals surface area contributed by atoms with E-state index in [0.29, 0.717) is 0 Å². The minimum absolute atomic E-state index is 0. The van der Waals surface area contributed by atoms with Crippen molar-refractivity contribution in [2.45, 2.75) is 26.8 Å². The first-order valence-electron chi connectivity index (χ1n) is 3.59. The standard InChI is InChI=1S/C7H16N2O.H2/c1-5-9(4)7(10)8-6(2)3;/h6H,5H2,1-4H3,(H,8,10);1H. The zero-order valence-corrected chi connectivity index (χ0v) is 7.14. The zero-order valence-electron chi connectivity index (χ0n) is 7.14. The summed E-state index contributed by atoms with van der Waals surface area (Å²) in [6.07, 6.45) is 0. The van der Waals surface area contributed by atoms with Crippen LogP contribution in [0.1, 0.15) is 22.2 Å². The number of urea groups is 1. The molecule has 0 aliphatic carbocycles. The molecule has 3 nitrogen and oxygen atoms in total. The molecular formula is C7H18N2O. The summed E-state index contributed by atoms with van der Waals surface area (Å²) in [6.45, 7) is 6.58. The third kappa shape index (κ3) is 3.33. The maximum absolute atomic E-state index is 11.0. The van der Waals surface area contributed by atoms with Crippen LogP contribution in [0.4, 0.5) is 4.79 Å². The van der Waals surface area contributed by atoms with Crippen molar-refractivity contribution >= 4 is 6.03 Å². The average Bonchev–Trinajstić information content (AvgIpc) is 1.85. The lowest BCUT2D eigenvalue weighted by atomic mass is 10.4. The van der Waals surface area contributed by atoms with Gasteiger partial charge < -0.3 is 10.2 Å². The highest BCUT2D eigenvalue weighted by atomic mass is 16.2. The molecule has 0 atom stereocenters. The molecule has 0 radical (unpaired) electrons. The van der Waals surface area contributed by atoms with Gasteiger partial charge in [0, 0.05) is 21.1 Å². The Morgan fingerprint density at radius 1 is 1.70 bits per heavy atom. The minimum atomic E-state index is -0.00231. The van der Waals surface area contributed by atoms with Gasteiger partial charge in [0.05, 0.1) is 0 Å². The monoisotopic (exact) mass is 146 g/mol. The van der Waals surface area contributed by atoms with Crippen LogP contribution < -0.4 is 5.32 Å². The van der Waals surface area contributed by atoms with Gasteiger partial charge in [0.1, 0.15) is 0 Å². The Morgan fingerprint density at radius 3 is 2.50 bits per heavy atom. The predicted molar refractivity (Wildman–Crippen MR) is 44.1 cm³/mol. The predicted octanol–water partition coefficient (Wildman–Crippen LogP) is 1.30. The highest BCUT2D eigenvalue weighted by Gasteiger charge is 2.05. The van der Waals surface area contributed by atoms with E-state index in [9.17, 15) is 4.79 Å². The molecule has 0 rings (SSSR count). The smallest absolute Gasteiger partial charge is 0.317 e. The summed E-state index contributed by atoms with van der Waals surface area (Å²) in [5, 5.41) is 2.78. The molecule has 0 aromatic rings. The van der Waals surface area contributed by atoms with Crippen LogP contribution in [0.2, 0.25) is 0 Å². The molecule has 0 fully saturated rings. The lowest BCUT2D eigenvalue weighted by Crippen LogP contribution is -2.40. The molecule has 0 bridgehead atoms. The van der Waals surface area contributed by atoms with E-state index in [0.717, 1.165) is 6.54 Å². The van der Waals surface area contributed by atoms with Crippen LogP contribution in [0, 0.1) is 0 Å². The lowest BCUT2D eigenvalue weighted by Gasteiger charge is -2.17. The molecule has 0 aliphatic rings. The molecule has 0 unspecified atom stereocenters. The molecule has 10 heavy (non-hydrogen) atoms. The molecule has 0 heterocycles. The zero-order chi connectivity index (χ0) is 8.15. The molecule has 0 aromatic heterocycles. The molecule has 0 saturated carbocycles. The van der Waals surface area contributed by atoms with Crippen molar-refractivity contribution in [1.29, 1.82) is 0 Å².